The Morgan fingerprint density at radius 3 is 2.62 bits per heavy atom. The Bertz CT molecular complexity index is 1460. The van der Waals surface area contributed by atoms with E-state index in [0.29, 0.717) is 12.2 Å². The maximum absolute atomic E-state index is 13.2. The van der Waals surface area contributed by atoms with Gasteiger partial charge in [-0.15, -0.1) is 11.3 Å². The van der Waals surface area contributed by atoms with E-state index < -0.39 is 51.5 Å². The van der Waals surface area contributed by atoms with Crippen molar-refractivity contribution in [1.82, 2.24) is 34.9 Å². The molecular formula is C20H26N10O8S2. The van der Waals surface area contributed by atoms with E-state index in [-0.39, 0.29) is 46.6 Å². The second-order valence-corrected chi connectivity index (χ2v) is 11.9. The predicted molar refractivity (Wildman–Crippen MR) is 136 cm³/mol. The highest BCUT2D eigenvalue weighted by Gasteiger charge is 2.56. The first-order valence-corrected chi connectivity index (χ1v) is 14.3. The number of thiazole rings is 1. The number of hydrogen-bond acceptors (Lipinski definition) is 14. The van der Waals surface area contributed by atoms with Crippen molar-refractivity contribution in [3.63, 3.8) is 0 Å². The third kappa shape index (κ3) is 5.61. The zero-order valence-electron chi connectivity index (χ0n) is 20.7. The summed E-state index contributed by atoms with van der Waals surface area (Å²) < 4.78 is 33.6. The van der Waals surface area contributed by atoms with Crippen LogP contribution >= 0.6 is 11.3 Å². The molecule has 3 aliphatic rings. The molecule has 2 aromatic rings. The average Bonchev–Trinajstić information content (AvgIpc) is 3.32. The lowest BCUT2D eigenvalue weighted by molar-refractivity contribution is -0.153. The molecule has 216 valence electrons. The van der Waals surface area contributed by atoms with Crippen LogP contribution in [0.5, 0.6) is 0 Å². The van der Waals surface area contributed by atoms with Crippen molar-refractivity contribution in [3.8, 4) is 0 Å². The average molecular weight is 599 g/mol. The third-order valence-electron chi connectivity index (χ3n) is 6.77. The summed E-state index contributed by atoms with van der Waals surface area (Å²) in [6.07, 6.45) is 3.49. The van der Waals surface area contributed by atoms with Gasteiger partial charge in [-0.05, 0) is 12.8 Å². The molecule has 2 saturated carbocycles. The zero-order chi connectivity index (χ0) is 28.8. The van der Waals surface area contributed by atoms with Gasteiger partial charge in [-0.3, -0.25) is 14.1 Å². The van der Waals surface area contributed by atoms with Crippen LogP contribution in [0.4, 0.5) is 5.13 Å². The number of amides is 2. The number of carbonyl (C=O) groups excluding carboxylic acids is 2. The van der Waals surface area contributed by atoms with Crippen LogP contribution in [0.2, 0.25) is 0 Å². The third-order valence-corrected chi connectivity index (χ3v) is 8.39. The summed E-state index contributed by atoms with van der Waals surface area (Å²) in [6, 6.07) is -2.30. The van der Waals surface area contributed by atoms with E-state index in [9.17, 15) is 32.5 Å². The molecule has 3 heterocycles. The van der Waals surface area contributed by atoms with Gasteiger partial charge in [0.05, 0.1) is 18.4 Å². The van der Waals surface area contributed by atoms with Crippen LogP contribution in [0.3, 0.4) is 0 Å². The molecule has 2 aromatic heterocycles. The van der Waals surface area contributed by atoms with E-state index in [1.54, 1.807) is 0 Å². The fourth-order valence-electron chi connectivity index (χ4n) is 4.29. The molecule has 0 radical (unpaired) electrons. The number of nitrogens with two attached hydrogens (primary N) is 2. The number of hydrogen-bond donors (Lipinski definition) is 6. The number of nitrogen functional groups attached to an aromatic ring is 1. The normalized spacial score (nSPS) is 25.6. The Hall–Kier alpha value is -3.72. The van der Waals surface area contributed by atoms with Gasteiger partial charge in [-0.2, -0.15) is 23.4 Å². The van der Waals surface area contributed by atoms with Crippen molar-refractivity contribution < 1.29 is 37.3 Å². The van der Waals surface area contributed by atoms with Crippen molar-refractivity contribution >= 4 is 50.3 Å². The number of carbonyl (C=O) groups is 3. The Morgan fingerprint density at radius 2 is 2.05 bits per heavy atom. The number of β-lactam (4-membered cyclic amide) rings is 1. The first-order valence-electron chi connectivity index (χ1n) is 12.1. The van der Waals surface area contributed by atoms with Gasteiger partial charge in [0.25, 0.3) is 11.8 Å². The molecule has 3 fully saturated rings. The molecule has 2 amide bonds. The van der Waals surface area contributed by atoms with Crippen LogP contribution in [0.15, 0.2) is 16.7 Å². The second kappa shape index (κ2) is 10.4. The number of rotatable bonds is 12. The van der Waals surface area contributed by atoms with Gasteiger partial charge in [0.2, 0.25) is 5.60 Å². The number of aliphatic carboxylic acids is 1. The highest BCUT2D eigenvalue weighted by molar-refractivity contribution is 7.84. The molecule has 20 heteroatoms. The van der Waals surface area contributed by atoms with Gasteiger partial charge < -0.3 is 32.0 Å². The standard InChI is InChI=1S/C20H26N10O8S2/c21-9-3-10(4-9)23-5-11-6-24-29(27-11)7-13-15(17(32)30(13)40(35,36)37)26-16(31)14(12-8-39-19(22)25-12)28-38-20(1-2-20)18(33)34/h6,8-10,13,15,23H,1-5,7,21H2,(H2,22,25)(H,26,31)(H,33,34)(H,35,36,37)/t9?,10?,13-,15+/m1/s1. The minimum Gasteiger partial charge on any atom is -0.478 e. The van der Waals surface area contributed by atoms with Crippen molar-refractivity contribution in [2.24, 2.45) is 10.9 Å². The van der Waals surface area contributed by atoms with Crippen LogP contribution in [-0.2, 0) is 42.6 Å². The lowest BCUT2D eigenvalue weighted by atomic mass is 9.88. The van der Waals surface area contributed by atoms with Crippen LogP contribution in [-0.4, -0.2) is 95.6 Å². The molecule has 0 spiro atoms. The number of carboxylic acids is 1. The van der Waals surface area contributed by atoms with Crippen LogP contribution in [0, 0.1) is 0 Å². The van der Waals surface area contributed by atoms with Crippen molar-refractivity contribution in [2.75, 3.05) is 5.73 Å². The fraction of sp³-hybridized carbons (Fsp3) is 0.550. The fourth-order valence-corrected chi connectivity index (χ4v) is 5.71. The maximum atomic E-state index is 13.2. The molecule has 1 aliphatic heterocycles. The topological polar surface area (TPSA) is 270 Å². The summed E-state index contributed by atoms with van der Waals surface area (Å²) in [4.78, 5) is 47.6. The summed E-state index contributed by atoms with van der Waals surface area (Å²) in [6.45, 7) is 0.0944. The quantitative estimate of drug-likeness (QED) is 0.0634. The highest BCUT2D eigenvalue weighted by atomic mass is 32.2. The number of oxime groups is 1. The van der Waals surface area contributed by atoms with E-state index in [2.05, 4.69) is 31.0 Å². The van der Waals surface area contributed by atoms with Gasteiger partial charge >= 0.3 is 16.3 Å². The molecule has 0 aromatic carbocycles. The SMILES string of the molecule is Nc1nc(C(=NOC2(C(=O)O)CC2)C(=O)N[C@@H]2C(=O)N(S(=O)(=O)O)[C@@H]2Cn2ncc(CNC3CC(N)C3)n2)cs1. The molecule has 18 nitrogen and oxygen atoms in total. The lowest BCUT2D eigenvalue weighted by Gasteiger charge is -2.43. The van der Waals surface area contributed by atoms with Crippen LogP contribution in [0.25, 0.3) is 0 Å². The second-order valence-electron chi connectivity index (χ2n) is 9.73. The minimum absolute atomic E-state index is 0.0468. The molecule has 2 atom stereocenters. The lowest BCUT2D eigenvalue weighted by Crippen LogP contribution is -2.73. The van der Waals surface area contributed by atoms with Gasteiger partial charge in [-0.1, -0.05) is 5.16 Å². The molecule has 8 N–H and O–H groups in total. The highest BCUT2D eigenvalue weighted by Crippen LogP contribution is 2.40. The van der Waals surface area contributed by atoms with Gasteiger partial charge in [0.15, 0.2) is 10.8 Å². The number of aromatic nitrogens is 4. The molecule has 1 saturated heterocycles. The molecular weight excluding hydrogens is 572 g/mol. The zero-order valence-corrected chi connectivity index (χ0v) is 22.3. The van der Waals surface area contributed by atoms with Crippen LogP contribution in [0.1, 0.15) is 37.1 Å². The van der Waals surface area contributed by atoms with E-state index in [1.165, 1.54) is 11.6 Å². The van der Waals surface area contributed by atoms with Crippen molar-refractivity contribution in [3.05, 3.63) is 23.0 Å². The number of nitrogens with zero attached hydrogens (tertiary/aromatic N) is 6. The maximum Gasteiger partial charge on any atom is 0.362 e. The molecule has 0 bridgehead atoms. The Balaban J connectivity index is 1.31. The summed E-state index contributed by atoms with van der Waals surface area (Å²) in [5.41, 5.74) is 9.88. The van der Waals surface area contributed by atoms with Gasteiger partial charge in [0.1, 0.15) is 17.8 Å². The smallest absolute Gasteiger partial charge is 0.362 e. The Morgan fingerprint density at radius 1 is 1.32 bits per heavy atom. The van der Waals surface area contributed by atoms with Gasteiger partial charge in [-0.25, -0.2) is 14.1 Å². The van der Waals surface area contributed by atoms with Crippen molar-refractivity contribution in [2.45, 2.75) is 68.5 Å². The van der Waals surface area contributed by atoms with Crippen LogP contribution < -0.4 is 22.1 Å². The number of anilines is 1. The molecule has 0 unspecified atom stereocenters. The summed E-state index contributed by atoms with van der Waals surface area (Å²) >= 11 is 0.979. The van der Waals surface area contributed by atoms with E-state index in [4.69, 9.17) is 16.3 Å². The first-order chi connectivity index (χ1) is 18.9. The molecule has 5 rings (SSSR count). The van der Waals surface area contributed by atoms with E-state index in [1.807, 2.05) is 0 Å². The van der Waals surface area contributed by atoms with E-state index >= 15 is 0 Å². The largest absolute Gasteiger partial charge is 0.478 e. The van der Waals surface area contributed by atoms with Crippen molar-refractivity contribution in [1.29, 1.82) is 0 Å². The molecule has 2 aliphatic carbocycles. The predicted octanol–water partition coefficient (Wildman–Crippen LogP) is -2.57. The van der Waals surface area contributed by atoms with Gasteiger partial charge in [0, 0.05) is 36.9 Å². The Kier molecular flexibility index (Phi) is 7.20. The first kappa shape index (κ1) is 27.8. The molecule has 40 heavy (non-hydrogen) atoms. The summed E-state index contributed by atoms with van der Waals surface area (Å²) in [7, 11) is -4.98. The monoisotopic (exact) mass is 598 g/mol. The number of carboxylic acid groups (broad SMARTS) is 1. The summed E-state index contributed by atoms with van der Waals surface area (Å²) in [5, 5.41) is 28.5. The summed E-state index contributed by atoms with van der Waals surface area (Å²) in [5.74, 6) is -3.38. The number of nitrogens with one attached hydrogen (secondary N) is 2. The van der Waals surface area contributed by atoms with E-state index in [0.717, 1.165) is 29.0 Å². The minimum atomic E-state index is -4.98. The Labute approximate surface area is 230 Å².